The summed E-state index contributed by atoms with van der Waals surface area (Å²) in [4.78, 5) is 45.6. The molecule has 0 unspecified atom stereocenters. The molecule has 2 heterocycles. The molecule has 18 heteroatoms. The van der Waals surface area contributed by atoms with Crippen molar-refractivity contribution in [2.45, 2.75) is 62.2 Å². The Morgan fingerprint density at radius 3 is 1.22 bits per heavy atom. The molecule has 0 saturated carbocycles. The van der Waals surface area contributed by atoms with Crippen LogP contribution < -0.4 is 20.1 Å². The average Bonchev–Trinajstić information content (AvgIpc) is 3.88. The van der Waals surface area contributed by atoms with E-state index in [9.17, 15) is 26.4 Å². The van der Waals surface area contributed by atoms with Crippen LogP contribution in [0.3, 0.4) is 0 Å². The number of unbranched alkanes of at least 4 members (excludes halogenated alkanes) is 2. The van der Waals surface area contributed by atoms with Gasteiger partial charge in [0.05, 0.1) is 36.0 Å². The fourth-order valence-electron chi connectivity index (χ4n) is 6.17. The van der Waals surface area contributed by atoms with Crippen LogP contribution in [0.1, 0.15) is 61.8 Å². The van der Waals surface area contributed by atoms with Gasteiger partial charge in [-0.25, -0.2) is 45.9 Å². The number of guanidine groups is 2. The molecular formula is C42H50N8O8S2. The van der Waals surface area contributed by atoms with E-state index in [1.807, 2.05) is 62.4 Å². The van der Waals surface area contributed by atoms with E-state index in [1.54, 1.807) is 48.5 Å². The van der Waals surface area contributed by atoms with Crippen molar-refractivity contribution >= 4 is 55.3 Å². The molecule has 2 aliphatic rings. The predicted molar refractivity (Wildman–Crippen MR) is 229 cm³/mol. The minimum absolute atomic E-state index is 0.230. The number of carbonyl (C=O) groups excluding carboxylic acids is 2. The second kappa shape index (κ2) is 20.4. The van der Waals surface area contributed by atoms with Crippen LogP contribution >= 0.6 is 0 Å². The molecular weight excluding hydrogens is 809 g/mol. The van der Waals surface area contributed by atoms with Crippen molar-refractivity contribution in [1.82, 2.24) is 19.6 Å². The SMILES string of the molecule is CCCCNS(=O)(=O)c1ccc(Cc2ccc(NC3=NCCN3OC(=O)C(=O)ON3CCN=C3Nc3ccc(Cc4ccc(S(=O)(=O)NCCCC)cc4)cc3)cc2)cc1. The molecule has 0 aromatic heterocycles. The summed E-state index contributed by atoms with van der Waals surface area (Å²) in [7, 11) is -7.08. The van der Waals surface area contributed by atoms with Gasteiger partial charge >= 0.3 is 11.9 Å². The zero-order chi connectivity index (χ0) is 42.5. The molecule has 0 atom stereocenters. The first-order chi connectivity index (χ1) is 28.9. The van der Waals surface area contributed by atoms with Crippen molar-refractivity contribution in [2.75, 3.05) is 49.9 Å². The molecule has 0 saturated heterocycles. The Labute approximate surface area is 351 Å². The van der Waals surface area contributed by atoms with E-state index in [-0.39, 0.29) is 34.8 Å². The van der Waals surface area contributed by atoms with Gasteiger partial charge in [-0.15, -0.1) is 0 Å². The van der Waals surface area contributed by atoms with Gasteiger partial charge in [-0.1, -0.05) is 75.2 Å². The van der Waals surface area contributed by atoms with Crippen molar-refractivity contribution in [3.63, 3.8) is 0 Å². The van der Waals surface area contributed by atoms with Gasteiger partial charge in [-0.3, -0.25) is 0 Å². The van der Waals surface area contributed by atoms with Gasteiger partial charge < -0.3 is 20.3 Å². The summed E-state index contributed by atoms with van der Waals surface area (Å²) in [6.07, 6.45) is 4.54. The van der Waals surface area contributed by atoms with E-state index in [1.165, 1.54) is 10.1 Å². The van der Waals surface area contributed by atoms with Crippen molar-refractivity contribution in [1.29, 1.82) is 0 Å². The van der Waals surface area contributed by atoms with Gasteiger partial charge in [0.1, 0.15) is 0 Å². The number of nitrogens with one attached hydrogen (secondary N) is 4. The number of benzene rings is 4. The Morgan fingerprint density at radius 2 is 0.883 bits per heavy atom. The largest absolute Gasteiger partial charge is 0.444 e. The van der Waals surface area contributed by atoms with Crippen LogP contribution in [0.25, 0.3) is 0 Å². The number of hydrogen-bond donors (Lipinski definition) is 4. The smallest absolute Gasteiger partial charge is 0.327 e. The van der Waals surface area contributed by atoms with E-state index in [0.717, 1.165) is 47.9 Å². The zero-order valence-electron chi connectivity index (χ0n) is 33.6. The quantitative estimate of drug-likeness (QED) is 0.0788. The topological polar surface area (TPSA) is 200 Å². The lowest BCUT2D eigenvalue weighted by Gasteiger charge is -2.21. The highest BCUT2D eigenvalue weighted by molar-refractivity contribution is 7.89. The third-order valence-corrected chi connectivity index (χ3v) is 12.5. The molecule has 6 rings (SSSR count). The molecule has 0 fully saturated rings. The summed E-state index contributed by atoms with van der Waals surface area (Å²) in [5.74, 6) is -1.96. The molecule has 4 aromatic carbocycles. The summed E-state index contributed by atoms with van der Waals surface area (Å²) in [6.45, 7) is 5.96. The number of nitrogens with zero attached hydrogens (tertiary/aromatic N) is 4. The Morgan fingerprint density at radius 1 is 0.550 bits per heavy atom. The van der Waals surface area contributed by atoms with Gasteiger partial charge in [0, 0.05) is 24.5 Å². The summed E-state index contributed by atoms with van der Waals surface area (Å²) < 4.78 is 55.2. The van der Waals surface area contributed by atoms with Crippen LogP contribution in [-0.4, -0.2) is 90.1 Å². The van der Waals surface area contributed by atoms with Crippen molar-refractivity contribution in [3.05, 3.63) is 119 Å². The van der Waals surface area contributed by atoms with E-state index in [4.69, 9.17) is 9.68 Å². The molecule has 0 spiro atoms. The van der Waals surface area contributed by atoms with Crippen molar-refractivity contribution in [3.8, 4) is 0 Å². The van der Waals surface area contributed by atoms with Crippen molar-refractivity contribution < 1.29 is 36.1 Å². The standard InChI is InChI=1S/C42H50N8O8S2/c1-3-5-23-45-59(53,54)37-19-11-33(12-20-37)29-31-7-15-35(16-8-31)47-41-43-25-27-49(41)57-39(51)40(52)58-50-28-26-44-42(50)48-36-17-9-32(10-18-36)30-34-13-21-38(22-14-34)60(55,56)46-24-6-4-2/h7-22,45-46H,3-6,23-30H2,1-2H3,(H,43,47)(H,44,48). The van der Waals surface area contributed by atoms with Gasteiger partial charge in [0.15, 0.2) is 0 Å². The lowest BCUT2D eigenvalue weighted by Crippen LogP contribution is -2.41. The summed E-state index contributed by atoms with van der Waals surface area (Å²) in [6, 6.07) is 28.7. The lowest BCUT2D eigenvalue weighted by atomic mass is 10.0. The normalized spacial score (nSPS) is 14.1. The predicted octanol–water partition coefficient (Wildman–Crippen LogP) is 4.81. The molecule has 318 valence electrons. The molecule has 16 nitrogen and oxygen atoms in total. The summed E-state index contributed by atoms with van der Waals surface area (Å²) in [5, 5.41) is 8.64. The lowest BCUT2D eigenvalue weighted by molar-refractivity contribution is -0.198. The first-order valence-electron chi connectivity index (χ1n) is 19.9. The maximum atomic E-state index is 12.8. The molecule has 2 aliphatic heterocycles. The summed E-state index contributed by atoms with van der Waals surface area (Å²) in [5.41, 5.74) is 5.26. The van der Waals surface area contributed by atoms with Crippen molar-refractivity contribution in [2.24, 2.45) is 9.98 Å². The Hall–Kier alpha value is -5.82. The second-order valence-electron chi connectivity index (χ2n) is 14.2. The first kappa shape index (κ1) is 43.8. The number of sulfonamides is 2. The molecule has 0 amide bonds. The van der Waals surface area contributed by atoms with Gasteiger partial charge in [0.25, 0.3) is 0 Å². The minimum atomic E-state index is -3.54. The Bertz CT molecular complexity index is 2200. The zero-order valence-corrected chi connectivity index (χ0v) is 35.2. The van der Waals surface area contributed by atoms with E-state index < -0.39 is 32.0 Å². The third-order valence-electron chi connectivity index (χ3n) is 9.50. The van der Waals surface area contributed by atoms with Crippen LogP contribution in [-0.2, 0) is 52.2 Å². The maximum Gasteiger partial charge on any atom is 0.444 e. The molecule has 0 aliphatic carbocycles. The highest BCUT2D eigenvalue weighted by Crippen LogP contribution is 2.20. The number of hydrogen-bond acceptors (Lipinski definition) is 14. The van der Waals surface area contributed by atoms with E-state index >= 15 is 0 Å². The number of hydroxylamine groups is 4. The number of aliphatic imine (C=N–C) groups is 2. The highest BCUT2D eigenvalue weighted by atomic mass is 32.2. The number of rotatable bonds is 18. The van der Waals surface area contributed by atoms with Crippen LogP contribution in [0.4, 0.5) is 11.4 Å². The van der Waals surface area contributed by atoms with E-state index in [0.29, 0.717) is 50.4 Å². The monoisotopic (exact) mass is 858 g/mol. The Kier molecular flexibility index (Phi) is 14.9. The number of carbonyl (C=O) groups is 2. The van der Waals surface area contributed by atoms with Crippen LogP contribution in [0.5, 0.6) is 0 Å². The average molecular weight is 859 g/mol. The third kappa shape index (κ3) is 12.1. The molecule has 60 heavy (non-hydrogen) atoms. The van der Waals surface area contributed by atoms with Gasteiger partial charge in [-0.05, 0) is 96.5 Å². The molecule has 4 N–H and O–H groups in total. The maximum absolute atomic E-state index is 12.8. The molecule has 0 radical (unpaired) electrons. The highest BCUT2D eigenvalue weighted by Gasteiger charge is 2.31. The van der Waals surface area contributed by atoms with Crippen LogP contribution in [0, 0.1) is 0 Å². The Balaban J connectivity index is 0.945. The van der Waals surface area contributed by atoms with Crippen LogP contribution in [0.2, 0.25) is 0 Å². The fraction of sp³-hybridized carbons (Fsp3) is 0.333. The van der Waals surface area contributed by atoms with Crippen LogP contribution in [0.15, 0.2) is 117 Å². The fourth-order valence-corrected chi connectivity index (χ4v) is 8.32. The molecule has 4 aromatic rings. The second-order valence-corrected chi connectivity index (χ2v) is 17.7. The molecule has 0 bridgehead atoms. The first-order valence-corrected chi connectivity index (χ1v) is 22.9. The van der Waals surface area contributed by atoms with E-state index in [2.05, 4.69) is 30.1 Å². The van der Waals surface area contributed by atoms with Gasteiger partial charge in [0.2, 0.25) is 32.0 Å². The number of anilines is 2. The van der Waals surface area contributed by atoms with Gasteiger partial charge in [-0.2, -0.15) is 10.1 Å². The summed E-state index contributed by atoms with van der Waals surface area (Å²) >= 11 is 0. The minimum Gasteiger partial charge on any atom is -0.327 e.